The summed E-state index contributed by atoms with van der Waals surface area (Å²) in [6.07, 6.45) is 0. The van der Waals surface area contributed by atoms with Gasteiger partial charge in [-0.05, 0) is 218 Å². The summed E-state index contributed by atoms with van der Waals surface area (Å²) in [5.74, 6) is 0. The Balaban J connectivity index is 0.000000149. The van der Waals surface area contributed by atoms with E-state index in [4.69, 9.17) is 4.42 Å². The first-order valence-corrected chi connectivity index (χ1v) is 52.5. The van der Waals surface area contributed by atoms with E-state index in [9.17, 15) is 0 Å². The van der Waals surface area contributed by atoms with Crippen LogP contribution in [0.3, 0.4) is 0 Å². The van der Waals surface area contributed by atoms with Gasteiger partial charge in [-0.15, -0.1) is 0 Å². The average molecular weight is 1830 g/mol. The Morgan fingerprint density at radius 2 is 0.489 bits per heavy atom. The summed E-state index contributed by atoms with van der Waals surface area (Å²) >= 11 is 0. The van der Waals surface area contributed by atoms with Gasteiger partial charge in [0.2, 0.25) is 0 Å². The van der Waals surface area contributed by atoms with Gasteiger partial charge < -0.3 is 23.4 Å². The predicted molar refractivity (Wildman–Crippen MR) is 602 cm³/mol. The molecule has 0 atom stereocenters. The molecule has 0 radical (unpaired) electrons. The molecule has 26 rings (SSSR count). The van der Waals surface area contributed by atoms with Crippen molar-refractivity contribution in [2.75, 3.05) is 9.80 Å². The second kappa shape index (κ2) is 36.6. The number of hydrogen-bond donors (Lipinski definition) is 0. The Hall–Kier alpha value is -18.0. The zero-order chi connectivity index (χ0) is 93.6. The third kappa shape index (κ3) is 14.9. The molecule has 0 bridgehead atoms. The van der Waals surface area contributed by atoms with Gasteiger partial charge in [0, 0.05) is 83.1 Å². The van der Waals surface area contributed by atoms with Gasteiger partial charge in [-0.3, -0.25) is 0 Å². The second-order valence-electron chi connectivity index (χ2n) is 36.4. The van der Waals surface area contributed by atoms with Gasteiger partial charge in [-0.2, -0.15) is 0 Å². The fourth-order valence-corrected chi connectivity index (χ4v) is 32.0. The van der Waals surface area contributed by atoms with Crippen LogP contribution in [0, 0.1) is 0 Å². The summed E-state index contributed by atoms with van der Waals surface area (Å²) in [6.45, 7) is 0. The standard InChI is InChI=1S/C68H48N2Si.C66H46N2OSi/c1-4-25-56(26-5-1)71(57-27-6-2-7-28-57,58-29-8-3-9-30-58)59-31-18-24-55(48-59)69(53-44-40-51(41-45-53)61-35-16-22-49-20-10-12-32-60(49)61)54-46-42-52(43-47-54)63-36-19-39-67-68(63)64-34-14-15-37-66(64)70(67)65-38-17-23-50-21-11-13-33-62(50)65;1-5-22-49(23-6-1)68-62-38-15-13-34-61(62)65-57(35-20-39-63(65)68)47-41-43-50(44-42-47)67(51-24-17-21-48(45-51)58-36-19-37-60-59-33-14-16-40-64(59)69-66(58)60)52-25-18-32-56(46-52)70(53-26-7-2-8-27-53,54-28-9-3-10-29-54)55-30-11-4-12-31-55/h1-48H;1-46H. The van der Waals surface area contributed by atoms with Crippen molar-refractivity contribution in [2.45, 2.75) is 0 Å². The van der Waals surface area contributed by atoms with E-state index in [2.05, 4.69) is 583 Å². The maximum absolute atomic E-state index is 6.62. The fourth-order valence-electron chi connectivity index (χ4n) is 22.5. The van der Waals surface area contributed by atoms with E-state index >= 15 is 0 Å². The van der Waals surface area contributed by atoms with E-state index in [1.54, 1.807) is 0 Å². The molecule has 0 aliphatic heterocycles. The Labute approximate surface area is 822 Å². The molecule has 141 heavy (non-hydrogen) atoms. The van der Waals surface area contributed by atoms with E-state index < -0.39 is 16.1 Å². The minimum absolute atomic E-state index is 0.892. The molecule has 0 N–H and O–H groups in total. The summed E-state index contributed by atoms with van der Waals surface area (Å²) in [6, 6.07) is 209. The Morgan fingerprint density at radius 1 is 0.177 bits per heavy atom. The number of rotatable bonds is 20. The highest BCUT2D eigenvalue weighted by Gasteiger charge is 2.44. The maximum atomic E-state index is 6.62. The molecule has 5 nitrogen and oxygen atoms in total. The molecule has 0 amide bonds. The van der Waals surface area contributed by atoms with Gasteiger partial charge >= 0.3 is 0 Å². The quantitative estimate of drug-likeness (QED) is 0.0563. The lowest BCUT2D eigenvalue weighted by Crippen LogP contribution is -2.74. The molecule has 0 aliphatic carbocycles. The van der Waals surface area contributed by atoms with Crippen molar-refractivity contribution in [2.24, 2.45) is 0 Å². The topological polar surface area (TPSA) is 29.5 Å². The fraction of sp³-hybridized carbons (Fsp3) is 0. The van der Waals surface area contributed by atoms with E-state index in [0.29, 0.717) is 0 Å². The van der Waals surface area contributed by atoms with Crippen molar-refractivity contribution < 1.29 is 4.42 Å². The molecule has 664 valence electrons. The molecular formula is C134H94N4OSi2. The first kappa shape index (κ1) is 84.7. The molecule has 26 aromatic rings. The Bertz CT molecular complexity index is 8880. The summed E-state index contributed by atoms with van der Waals surface area (Å²) in [5.41, 5.74) is 24.7. The van der Waals surface area contributed by atoms with Crippen LogP contribution in [-0.4, -0.2) is 25.3 Å². The number of para-hydroxylation sites is 5. The van der Waals surface area contributed by atoms with Crippen molar-refractivity contribution in [3.8, 4) is 55.9 Å². The minimum atomic E-state index is -2.86. The van der Waals surface area contributed by atoms with Crippen molar-refractivity contribution in [3.05, 3.63) is 570 Å². The summed E-state index contributed by atoms with van der Waals surface area (Å²) < 4.78 is 11.5. The van der Waals surface area contributed by atoms with Gasteiger partial charge in [-0.25, -0.2) is 0 Å². The maximum Gasteiger partial charge on any atom is 0.179 e. The SMILES string of the molecule is c1ccc(-n2c3ccccc3c3c(-c4ccc(N(c5cccc(-c6cccc7c6oc6ccccc67)c5)c5cccc([Si](c6ccccc6)(c6ccccc6)c6ccccc6)c5)cc4)cccc32)cc1.c1ccc([Si](c2ccccc2)(c2ccccc2)c2cccc(N(c3ccc(-c4cccc5ccccc45)cc3)c3ccc(-c4cccc5c4c4ccccc4n5-c4cccc5ccccc45)cc3)c2)cc1. The molecule has 3 aromatic heterocycles. The number of benzene rings is 23. The first-order chi connectivity index (χ1) is 70.0. The van der Waals surface area contributed by atoms with Crippen LogP contribution in [0.5, 0.6) is 0 Å². The highest BCUT2D eigenvalue weighted by Crippen LogP contribution is 2.47. The summed E-state index contributed by atoms with van der Waals surface area (Å²) in [5, 5.41) is 22.8. The molecule has 0 unspecified atom stereocenters. The zero-order valence-electron chi connectivity index (χ0n) is 77.5. The number of hydrogen-bond acceptors (Lipinski definition) is 3. The normalized spacial score (nSPS) is 11.7. The summed E-state index contributed by atoms with van der Waals surface area (Å²) in [7, 11) is -5.68. The lowest BCUT2D eigenvalue weighted by atomic mass is 9.98. The number of anilines is 6. The van der Waals surface area contributed by atoms with Crippen molar-refractivity contribution in [3.63, 3.8) is 0 Å². The average Bonchev–Trinajstić information content (AvgIpc) is 1.73. The summed E-state index contributed by atoms with van der Waals surface area (Å²) in [4.78, 5) is 4.87. The molecule has 0 aliphatic rings. The molecule has 7 heteroatoms. The molecular weight excluding hydrogens is 1740 g/mol. The van der Waals surface area contributed by atoms with E-state index in [1.165, 1.54) is 140 Å². The van der Waals surface area contributed by atoms with Crippen LogP contribution in [0.2, 0.25) is 0 Å². The van der Waals surface area contributed by atoms with Crippen molar-refractivity contribution in [1.82, 2.24) is 9.13 Å². The Morgan fingerprint density at radius 3 is 0.979 bits per heavy atom. The first-order valence-electron chi connectivity index (χ1n) is 48.5. The van der Waals surface area contributed by atoms with E-state index in [1.807, 2.05) is 6.07 Å². The molecule has 23 aromatic carbocycles. The van der Waals surface area contributed by atoms with Gasteiger partial charge in [0.05, 0.1) is 27.8 Å². The highest BCUT2D eigenvalue weighted by molar-refractivity contribution is 7.20. The van der Waals surface area contributed by atoms with Crippen LogP contribution in [0.15, 0.2) is 575 Å². The van der Waals surface area contributed by atoms with Gasteiger partial charge in [0.15, 0.2) is 16.1 Å². The van der Waals surface area contributed by atoms with E-state index in [-0.39, 0.29) is 0 Å². The van der Waals surface area contributed by atoms with Crippen LogP contribution >= 0.6 is 0 Å². The monoisotopic (exact) mass is 1830 g/mol. The van der Waals surface area contributed by atoms with Crippen LogP contribution in [0.4, 0.5) is 34.1 Å². The molecule has 3 heterocycles. The predicted octanol–water partition coefficient (Wildman–Crippen LogP) is 30.1. The van der Waals surface area contributed by atoms with Crippen LogP contribution in [0.25, 0.3) is 143 Å². The van der Waals surface area contributed by atoms with Crippen LogP contribution in [-0.2, 0) is 0 Å². The lowest BCUT2D eigenvalue weighted by molar-refractivity contribution is 0.670. The third-order valence-electron chi connectivity index (χ3n) is 28.7. The molecule has 0 saturated carbocycles. The zero-order valence-corrected chi connectivity index (χ0v) is 79.5. The highest BCUT2D eigenvalue weighted by atomic mass is 28.3. The molecule has 0 fully saturated rings. The Kier molecular flexibility index (Phi) is 22.0. The van der Waals surface area contributed by atoms with E-state index in [0.717, 1.165) is 78.4 Å². The van der Waals surface area contributed by atoms with Crippen molar-refractivity contribution >= 4 is 179 Å². The van der Waals surface area contributed by atoms with Crippen molar-refractivity contribution in [1.29, 1.82) is 0 Å². The van der Waals surface area contributed by atoms with Crippen LogP contribution in [0.1, 0.15) is 0 Å². The number of furan rings is 1. The third-order valence-corrected chi connectivity index (χ3v) is 38.2. The molecule has 0 saturated heterocycles. The lowest BCUT2D eigenvalue weighted by Gasteiger charge is -2.35. The van der Waals surface area contributed by atoms with Gasteiger partial charge in [0.25, 0.3) is 0 Å². The van der Waals surface area contributed by atoms with Gasteiger partial charge in [-0.1, -0.05) is 449 Å². The smallest absolute Gasteiger partial charge is 0.179 e. The number of aromatic nitrogens is 2. The van der Waals surface area contributed by atoms with Gasteiger partial charge in [0.1, 0.15) is 11.2 Å². The van der Waals surface area contributed by atoms with Crippen LogP contribution < -0.4 is 51.3 Å². The largest absolute Gasteiger partial charge is 0.455 e. The number of fused-ring (bicyclic) bond motifs is 11. The molecule has 0 spiro atoms. The minimum Gasteiger partial charge on any atom is -0.455 e. The number of nitrogens with zero attached hydrogens (tertiary/aromatic N) is 4. The second-order valence-corrected chi connectivity index (χ2v) is 44.0.